The largest absolute Gasteiger partial charge is 0.370 e. The molecule has 0 saturated heterocycles. The van der Waals surface area contributed by atoms with Gasteiger partial charge in [-0.1, -0.05) is 18.2 Å². The van der Waals surface area contributed by atoms with E-state index in [1.54, 1.807) is 16.8 Å². The lowest BCUT2D eigenvalue weighted by molar-refractivity contribution is 0.349. The summed E-state index contributed by atoms with van der Waals surface area (Å²) in [6.45, 7) is 0. The molecule has 0 radical (unpaired) electrons. The van der Waals surface area contributed by atoms with Gasteiger partial charge in [0, 0.05) is 12.7 Å². The van der Waals surface area contributed by atoms with Gasteiger partial charge in [0.2, 0.25) is 0 Å². The van der Waals surface area contributed by atoms with Crippen LogP contribution in [0.2, 0.25) is 0 Å². The van der Waals surface area contributed by atoms with Gasteiger partial charge in [-0.05, 0) is 43.3 Å². The standard InChI is InChI=1S/C13H17N/c1-14-12-8-4-2-6-10(12)11-7-3-5-9-13(11)14/h2,4,6,12H,3,5,7-9H2,1H3. The zero-order chi connectivity index (χ0) is 9.54. The third-order valence-corrected chi connectivity index (χ3v) is 3.81. The van der Waals surface area contributed by atoms with Crippen molar-refractivity contribution in [2.45, 2.75) is 38.1 Å². The average Bonchev–Trinajstić information content (AvgIpc) is 2.55. The molecular weight excluding hydrogens is 170 g/mol. The first kappa shape index (κ1) is 8.34. The highest BCUT2D eigenvalue weighted by molar-refractivity contribution is 5.49. The molecule has 2 aliphatic carbocycles. The highest BCUT2D eigenvalue weighted by Crippen LogP contribution is 2.43. The Hall–Kier alpha value is -0.980. The average molecular weight is 187 g/mol. The van der Waals surface area contributed by atoms with Gasteiger partial charge in [-0.2, -0.15) is 0 Å². The Morgan fingerprint density at radius 1 is 1.29 bits per heavy atom. The first-order valence-corrected chi connectivity index (χ1v) is 5.70. The normalized spacial score (nSPS) is 30.2. The van der Waals surface area contributed by atoms with Gasteiger partial charge in [0.15, 0.2) is 0 Å². The summed E-state index contributed by atoms with van der Waals surface area (Å²) in [5.74, 6) is 0. The molecule has 0 fully saturated rings. The van der Waals surface area contributed by atoms with E-state index in [0.717, 1.165) is 0 Å². The van der Waals surface area contributed by atoms with Crippen LogP contribution in [0.3, 0.4) is 0 Å². The number of likely N-dealkylation sites (N-methyl/N-ethyl adjacent to an activating group) is 1. The molecule has 1 heterocycles. The van der Waals surface area contributed by atoms with E-state index in [1.807, 2.05) is 0 Å². The molecule has 0 bridgehead atoms. The van der Waals surface area contributed by atoms with Crippen LogP contribution in [0.5, 0.6) is 0 Å². The molecule has 1 heteroatoms. The van der Waals surface area contributed by atoms with Gasteiger partial charge < -0.3 is 4.90 Å². The fourth-order valence-electron chi connectivity index (χ4n) is 3.06. The lowest BCUT2D eigenvalue weighted by Crippen LogP contribution is -2.27. The molecule has 3 rings (SSSR count). The maximum Gasteiger partial charge on any atom is 0.0574 e. The van der Waals surface area contributed by atoms with Crippen LogP contribution in [0.15, 0.2) is 35.1 Å². The molecule has 1 atom stereocenters. The van der Waals surface area contributed by atoms with E-state index in [-0.39, 0.29) is 0 Å². The fourth-order valence-corrected chi connectivity index (χ4v) is 3.06. The van der Waals surface area contributed by atoms with E-state index in [9.17, 15) is 0 Å². The highest BCUT2D eigenvalue weighted by atomic mass is 15.2. The third kappa shape index (κ3) is 1.01. The van der Waals surface area contributed by atoms with Gasteiger partial charge in [0.1, 0.15) is 0 Å². The molecule has 0 aromatic carbocycles. The van der Waals surface area contributed by atoms with Gasteiger partial charge in [0.05, 0.1) is 6.04 Å². The van der Waals surface area contributed by atoms with Gasteiger partial charge in [-0.25, -0.2) is 0 Å². The van der Waals surface area contributed by atoms with Crippen molar-refractivity contribution in [3.05, 3.63) is 35.1 Å². The Bertz CT molecular complexity index is 343. The minimum Gasteiger partial charge on any atom is -0.370 e. The molecule has 0 spiro atoms. The number of fused-ring (bicyclic) bond motifs is 2. The molecule has 0 aromatic rings. The molecule has 74 valence electrons. The molecule has 0 amide bonds. The van der Waals surface area contributed by atoms with E-state index in [4.69, 9.17) is 0 Å². The van der Waals surface area contributed by atoms with Gasteiger partial charge >= 0.3 is 0 Å². The van der Waals surface area contributed by atoms with Crippen molar-refractivity contribution in [1.29, 1.82) is 0 Å². The van der Waals surface area contributed by atoms with Crippen molar-refractivity contribution in [2.24, 2.45) is 0 Å². The Labute approximate surface area is 85.8 Å². The number of rotatable bonds is 0. The van der Waals surface area contributed by atoms with E-state index in [1.165, 1.54) is 32.1 Å². The Kier molecular flexibility index (Phi) is 1.79. The fraction of sp³-hybridized carbons (Fsp3) is 0.538. The minimum atomic E-state index is 0.670. The van der Waals surface area contributed by atoms with Crippen molar-refractivity contribution in [1.82, 2.24) is 4.90 Å². The van der Waals surface area contributed by atoms with E-state index in [0.29, 0.717) is 6.04 Å². The highest BCUT2D eigenvalue weighted by Gasteiger charge is 2.34. The van der Waals surface area contributed by atoms with Crippen LogP contribution in [0.1, 0.15) is 32.1 Å². The first-order valence-electron chi connectivity index (χ1n) is 5.70. The Morgan fingerprint density at radius 3 is 3.07 bits per heavy atom. The van der Waals surface area contributed by atoms with Gasteiger partial charge in [-0.15, -0.1) is 0 Å². The van der Waals surface area contributed by atoms with E-state index >= 15 is 0 Å². The number of nitrogens with zero attached hydrogens (tertiary/aromatic N) is 1. The summed E-state index contributed by atoms with van der Waals surface area (Å²) in [4.78, 5) is 2.52. The Balaban J connectivity index is 2.05. The number of hydrogen-bond acceptors (Lipinski definition) is 1. The molecule has 1 aliphatic heterocycles. The predicted molar refractivity (Wildman–Crippen MR) is 58.9 cm³/mol. The second-order valence-corrected chi connectivity index (χ2v) is 4.54. The third-order valence-electron chi connectivity index (χ3n) is 3.81. The minimum absolute atomic E-state index is 0.670. The molecule has 3 aliphatic rings. The second kappa shape index (κ2) is 3.01. The lowest BCUT2D eigenvalue weighted by Gasteiger charge is -2.26. The molecule has 0 aromatic heterocycles. The van der Waals surface area contributed by atoms with Crippen molar-refractivity contribution in [3.8, 4) is 0 Å². The quantitative estimate of drug-likeness (QED) is 0.563. The van der Waals surface area contributed by atoms with Crippen molar-refractivity contribution in [2.75, 3.05) is 7.05 Å². The van der Waals surface area contributed by atoms with Crippen LogP contribution < -0.4 is 0 Å². The van der Waals surface area contributed by atoms with Gasteiger partial charge in [-0.3, -0.25) is 0 Å². The van der Waals surface area contributed by atoms with Crippen LogP contribution in [0, 0.1) is 0 Å². The Morgan fingerprint density at radius 2 is 2.14 bits per heavy atom. The number of hydrogen-bond donors (Lipinski definition) is 0. The monoisotopic (exact) mass is 187 g/mol. The van der Waals surface area contributed by atoms with Crippen molar-refractivity contribution < 1.29 is 0 Å². The van der Waals surface area contributed by atoms with Gasteiger partial charge in [0.25, 0.3) is 0 Å². The first-order chi connectivity index (χ1) is 6.88. The molecule has 14 heavy (non-hydrogen) atoms. The molecule has 1 unspecified atom stereocenters. The molecular formula is C13H17N. The van der Waals surface area contributed by atoms with E-state index in [2.05, 4.69) is 30.2 Å². The van der Waals surface area contributed by atoms with Crippen LogP contribution in [0.4, 0.5) is 0 Å². The van der Waals surface area contributed by atoms with E-state index < -0.39 is 0 Å². The SMILES string of the molecule is CN1C2=C(CCCC2)C2=CC=CCC21. The number of allylic oxidation sites excluding steroid dienone is 3. The maximum absolute atomic E-state index is 2.52. The van der Waals surface area contributed by atoms with Crippen LogP contribution in [-0.2, 0) is 0 Å². The second-order valence-electron chi connectivity index (χ2n) is 4.54. The summed E-state index contributed by atoms with van der Waals surface area (Å²) < 4.78 is 0. The summed E-state index contributed by atoms with van der Waals surface area (Å²) in [7, 11) is 2.27. The van der Waals surface area contributed by atoms with Crippen molar-refractivity contribution in [3.63, 3.8) is 0 Å². The summed E-state index contributed by atoms with van der Waals surface area (Å²) in [5, 5.41) is 0. The predicted octanol–water partition coefficient (Wildman–Crippen LogP) is 3.01. The summed E-state index contributed by atoms with van der Waals surface area (Å²) >= 11 is 0. The zero-order valence-corrected chi connectivity index (χ0v) is 8.79. The molecule has 0 saturated carbocycles. The maximum atomic E-state index is 2.52. The molecule has 1 nitrogen and oxygen atoms in total. The van der Waals surface area contributed by atoms with Crippen LogP contribution in [-0.4, -0.2) is 18.0 Å². The van der Waals surface area contributed by atoms with Crippen molar-refractivity contribution >= 4 is 0 Å². The molecule has 0 N–H and O–H groups in total. The smallest absolute Gasteiger partial charge is 0.0574 e. The summed E-state index contributed by atoms with van der Waals surface area (Å²) in [6, 6.07) is 0.670. The van der Waals surface area contributed by atoms with Crippen LogP contribution in [0.25, 0.3) is 0 Å². The lowest BCUT2D eigenvalue weighted by atomic mass is 9.89. The summed E-state index contributed by atoms with van der Waals surface area (Å²) in [6.07, 6.45) is 13.5. The summed E-state index contributed by atoms with van der Waals surface area (Å²) in [5.41, 5.74) is 4.93. The van der Waals surface area contributed by atoms with Crippen LogP contribution >= 0.6 is 0 Å². The zero-order valence-electron chi connectivity index (χ0n) is 8.79. The topological polar surface area (TPSA) is 3.24 Å².